The molecule has 1 unspecified atom stereocenters. The Balaban J connectivity index is 1.76. The van der Waals surface area contributed by atoms with Crippen LogP contribution in [0.1, 0.15) is 30.0 Å². The molecule has 7 nitrogen and oxygen atoms in total. The lowest BCUT2D eigenvalue weighted by Crippen LogP contribution is -2.28. The predicted molar refractivity (Wildman–Crippen MR) is 136 cm³/mol. The molecule has 0 saturated carbocycles. The molecular weight excluding hydrogens is 475 g/mol. The fraction of sp³-hybridized carbons (Fsp3) is 0.250. The van der Waals surface area contributed by atoms with Crippen molar-refractivity contribution >= 4 is 51.7 Å². The van der Waals surface area contributed by atoms with E-state index in [0.717, 1.165) is 22.9 Å². The molecule has 0 radical (unpaired) electrons. The van der Waals surface area contributed by atoms with E-state index in [2.05, 4.69) is 10.3 Å². The Kier molecular flexibility index (Phi) is 7.11. The minimum atomic E-state index is -0.359. The van der Waals surface area contributed by atoms with Gasteiger partial charge in [0.25, 0.3) is 11.5 Å². The number of halogens is 1. The van der Waals surface area contributed by atoms with Gasteiger partial charge in [-0.25, -0.2) is 9.37 Å². The first-order valence-corrected chi connectivity index (χ1v) is 11.9. The third-order valence-corrected chi connectivity index (χ3v) is 6.92. The number of hydrogen-bond donors (Lipinski definition) is 2. The number of aromatic nitrogens is 2. The smallest absolute Gasteiger partial charge is 0.267 e. The molecule has 4 rings (SSSR count). The first kappa shape index (κ1) is 24.1. The van der Waals surface area contributed by atoms with Gasteiger partial charge >= 0.3 is 0 Å². The van der Waals surface area contributed by atoms with E-state index in [-0.39, 0.29) is 42.0 Å². The summed E-state index contributed by atoms with van der Waals surface area (Å²) in [5.41, 5.74) is 1.91. The highest BCUT2D eigenvalue weighted by Crippen LogP contribution is 2.34. The fourth-order valence-electron chi connectivity index (χ4n) is 3.56. The minimum Gasteiger partial charge on any atom is -0.394 e. The SMILES string of the molecule is CCC(CO)Nc1nc2c(C)cccn2c(=O)c1C=C1SC(=S)N(Cc2ccc(F)cc2)C1=O. The zero-order valence-electron chi connectivity index (χ0n) is 18.6. The van der Waals surface area contributed by atoms with Crippen LogP contribution >= 0.6 is 24.0 Å². The van der Waals surface area contributed by atoms with E-state index >= 15 is 0 Å². The second-order valence-electron chi connectivity index (χ2n) is 7.89. The molecule has 34 heavy (non-hydrogen) atoms. The van der Waals surface area contributed by atoms with Crippen LogP contribution in [0.3, 0.4) is 0 Å². The largest absolute Gasteiger partial charge is 0.394 e. The molecule has 1 aliphatic heterocycles. The number of nitrogens with zero attached hydrogens (tertiary/aromatic N) is 3. The molecule has 1 amide bonds. The second-order valence-corrected chi connectivity index (χ2v) is 9.57. The Morgan fingerprint density at radius 1 is 1.26 bits per heavy atom. The third-order valence-electron chi connectivity index (χ3n) is 5.54. The highest BCUT2D eigenvalue weighted by Gasteiger charge is 2.33. The summed E-state index contributed by atoms with van der Waals surface area (Å²) in [6.07, 6.45) is 3.74. The molecule has 0 aliphatic carbocycles. The number of aliphatic hydroxyl groups excluding tert-OH is 1. The number of thiocarbonyl (C=S) groups is 1. The van der Waals surface area contributed by atoms with Crippen LogP contribution in [0, 0.1) is 12.7 Å². The summed E-state index contributed by atoms with van der Waals surface area (Å²) < 4.78 is 15.0. The van der Waals surface area contributed by atoms with E-state index in [9.17, 15) is 19.1 Å². The lowest BCUT2D eigenvalue weighted by atomic mass is 10.2. The van der Waals surface area contributed by atoms with Gasteiger partial charge in [-0.2, -0.15) is 0 Å². The zero-order valence-corrected chi connectivity index (χ0v) is 20.3. The van der Waals surface area contributed by atoms with E-state index in [1.165, 1.54) is 27.5 Å². The number of carbonyl (C=O) groups is 1. The molecule has 0 spiro atoms. The summed E-state index contributed by atoms with van der Waals surface area (Å²) in [6, 6.07) is 9.16. The first-order chi connectivity index (χ1) is 16.3. The normalized spacial score (nSPS) is 16.0. The van der Waals surface area contributed by atoms with E-state index in [4.69, 9.17) is 12.2 Å². The Bertz CT molecular complexity index is 1350. The molecule has 1 fully saturated rings. The molecule has 2 N–H and O–H groups in total. The van der Waals surface area contributed by atoms with Crippen molar-refractivity contribution in [3.8, 4) is 0 Å². The maximum atomic E-state index is 13.4. The monoisotopic (exact) mass is 498 g/mol. The molecule has 1 atom stereocenters. The van der Waals surface area contributed by atoms with Crippen LogP contribution in [-0.2, 0) is 11.3 Å². The van der Waals surface area contributed by atoms with Crippen LogP contribution in [0.4, 0.5) is 10.2 Å². The van der Waals surface area contributed by atoms with Crippen molar-refractivity contribution in [2.24, 2.45) is 0 Å². The van der Waals surface area contributed by atoms with Crippen LogP contribution in [-0.4, -0.2) is 42.3 Å². The van der Waals surface area contributed by atoms with Gasteiger partial charge in [0.05, 0.1) is 29.7 Å². The van der Waals surface area contributed by atoms with Gasteiger partial charge < -0.3 is 10.4 Å². The first-order valence-electron chi connectivity index (χ1n) is 10.7. The fourth-order valence-corrected chi connectivity index (χ4v) is 4.80. The Labute approximate surface area is 205 Å². The third kappa shape index (κ3) is 4.75. The Morgan fingerprint density at radius 3 is 2.68 bits per heavy atom. The van der Waals surface area contributed by atoms with E-state index in [1.54, 1.807) is 24.4 Å². The number of anilines is 1. The molecule has 2 aromatic heterocycles. The number of rotatable bonds is 7. The summed E-state index contributed by atoms with van der Waals surface area (Å²) in [7, 11) is 0. The number of nitrogens with one attached hydrogen (secondary N) is 1. The predicted octanol–water partition coefficient (Wildman–Crippen LogP) is 3.73. The van der Waals surface area contributed by atoms with Gasteiger partial charge in [0.1, 0.15) is 21.6 Å². The molecule has 1 aliphatic rings. The molecule has 10 heteroatoms. The summed E-state index contributed by atoms with van der Waals surface area (Å²) in [5.74, 6) is -0.404. The zero-order chi connectivity index (χ0) is 24.4. The summed E-state index contributed by atoms with van der Waals surface area (Å²) in [4.78, 5) is 32.9. The standard InChI is InChI=1S/C24H23FN4O3S2/c1-3-17(13-30)26-20-18(22(31)28-10-4-5-14(2)21(28)27-20)11-19-23(32)29(24(33)34-19)12-15-6-8-16(25)9-7-15/h4-11,17,26,30H,3,12-13H2,1-2H3. The van der Waals surface area contributed by atoms with E-state index in [0.29, 0.717) is 27.1 Å². The van der Waals surface area contributed by atoms with Crippen LogP contribution in [0.25, 0.3) is 11.7 Å². The van der Waals surface area contributed by atoms with Crippen molar-refractivity contribution in [3.05, 3.63) is 80.4 Å². The van der Waals surface area contributed by atoms with Gasteiger partial charge in [-0.1, -0.05) is 49.1 Å². The molecule has 1 aromatic carbocycles. The average molecular weight is 499 g/mol. The Morgan fingerprint density at radius 2 is 2.00 bits per heavy atom. The number of fused-ring (bicyclic) bond motifs is 1. The summed E-state index contributed by atoms with van der Waals surface area (Å²) >= 11 is 6.51. The topological polar surface area (TPSA) is 86.9 Å². The van der Waals surface area contributed by atoms with Crippen LogP contribution in [0.5, 0.6) is 0 Å². The number of benzene rings is 1. The number of aryl methyl sites for hydroxylation is 1. The van der Waals surface area contributed by atoms with Crippen molar-refractivity contribution in [3.63, 3.8) is 0 Å². The number of thioether (sulfide) groups is 1. The second kappa shape index (κ2) is 10.0. The number of amides is 1. The number of aliphatic hydroxyl groups is 1. The number of carbonyl (C=O) groups excluding carboxylic acids is 1. The molecule has 176 valence electrons. The molecule has 3 aromatic rings. The maximum absolute atomic E-state index is 13.4. The lowest BCUT2D eigenvalue weighted by Gasteiger charge is -2.17. The summed E-state index contributed by atoms with van der Waals surface area (Å²) in [6.45, 7) is 3.83. The van der Waals surface area contributed by atoms with Crippen LogP contribution in [0.2, 0.25) is 0 Å². The minimum absolute atomic E-state index is 0.134. The van der Waals surface area contributed by atoms with Crippen molar-refractivity contribution in [1.82, 2.24) is 14.3 Å². The highest BCUT2D eigenvalue weighted by atomic mass is 32.2. The van der Waals surface area contributed by atoms with Gasteiger partial charge in [-0.05, 0) is 48.7 Å². The van der Waals surface area contributed by atoms with Crippen molar-refractivity contribution < 1.29 is 14.3 Å². The van der Waals surface area contributed by atoms with Crippen molar-refractivity contribution in [2.45, 2.75) is 32.9 Å². The van der Waals surface area contributed by atoms with Crippen LogP contribution in [0.15, 0.2) is 52.3 Å². The van der Waals surface area contributed by atoms with Gasteiger partial charge in [-0.15, -0.1) is 0 Å². The molecule has 3 heterocycles. The quantitative estimate of drug-likeness (QED) is 0.379. The number of hydrogen-bond acceptors (Lipinski definition) is 7. The molecule has 1 saturated heterocycles. The van der Waals surface area contributed by atoms with Crippen molar-refractivity contribution in [1.29, 1.82) is 0 Å². The summed E-state index contributed by atoms with van der Waals surface area (Å²) in [5, 5.41) is 12.8. The van der Waals surface area contributed by atoms with E-state index < -0.39 is 0 Å². The van der Waals surface area contributed by atoms with Gasteiger partial charge in [0.2, 0.25) is 0 Å². The highest BCUT2D eigenvalue weighted by molar-refractivity contribution is 8.26. The number of pyridine rings is 1. The van der Waals surface area contributed by atoms with Gasteiger partial charge in [0.15, 0.2) is 0 Å². The molecule has 0 bridgehead atoms. The lowest BCUT2D eigenvalue weighted by molar-refractivity contribution is -0.122. The van der Waals surface area contributed by atoms with Gasteiger partial charge in [-0.3, -0.25) is 18.9 Å². The van der Waals surface area contributed by atoms with Crippen molar-refractivity contribution in [2.75, 3.05) is 11.9 Å². The average Bonchev–Trinajstić information content (AvgIpc) is 3.09. The molecular formula is C24H23FN4O3S2. The van der Waals surface area contributed by atoms with Gasteiger partial charge in [0, 0.05) is 6.20 Å². The van der Waals surface area contributed by atoms with Crippen LogP contribution < -0.4 is 10.9 Å². The maximum Gasteiger partial charge on any atom is 0.267 e. The Hall–Kier alpha value is -3.08. The van der Waals surface area contributed by atoms with E-state index in [1.807, 2.05) is 19.9 Å².